The van der Waals surface area contributed by atoms with E-state index in [-0.39, 0.29) is 12.6 Å². The van der Waals surface area contributed by atoms with Gasteiger partial charge in [0.2, 0.25) is 0 Å². The fourth-order valence-corrected chi connectivity index (χ4v) is 1.56. The number of hydrogen-bond donors (Lipinski definition) is 3. The van der Waals surface area contributed by atoms with Gasteiger partial charge < -0.3 is 20.3 Å². The molecule has 24 heavy (non-hydrogen) atoms. The Morgan fingerprint density at radius 2 is 1.71 bits per heavy atom. The minimum atomic E-state index is -4.18. The number of phosphoric ester groups is 1. The van der Waals surface area contributed by atoms with E-state index in [4.69, 9.17) is 14.5 Å². The third-order valence-electron chi connectivity index (χ3n) is 1.89. The number of hydrogen-bond acceptors (Lipinski definition) is 5. The minimum absolute atomic E-state index is 0.115. The van der Waals surface area contributed by atoms with Crippen LogP contribution in [0.15, 0.2) is 48.3 Å². The lowest BCUT2D eigenvalue weighted by Gasteiger charge is -2.04. The second-order valence-electron chi connectivity index (χ2n) is 3.94. The van der Waals surface area contributed by atoms with Crippen molar-refractivity contribution in [3.8, 4) is 0 Å². The molecule has 7 nitrogen and oxygen atoms in total. The summed E-state index contributed by atoms with van der Waals surface area (Å²) >= 11 is 0. The molecule has 0 saturated carbocycles. The highest BCUT2D eigenvalue weighted by Gasteiger charge is 2.11. The lowest BCUT2D eigenvalue weighted by atomic mass is 10.2. The molecule has 0 bridgehead atoms. The van der Waals surface area contributed by atoms with E-state index in [0.717, 1.165) is 5.57 Å². The molecule has 0 rings (SSSR count). The third-order valence-corrected chi connectivity index (χ3v) is 2.40. The summed E-state index contributed by atoms with van der Waals surface area (Å²) in [6, 6.07) is 0. The van der Waals surface area contributed by atoms with E-state index >= 15 is 0 Å². The van der Waals surface area contributed by atoms with Crippen molar-refractivity contribution in [3.05, 3.63) is 48.3 Å². The maximum atomic E-state index is 10.8. The van der Waals surface area contributed by atoms with E-state index in [9.17, 15) is 9.36 Å². The standard InChI is InChI=1S/C12H16O2.C3H9O4P.CH5N/c1-5-8-11(7-3)12(9-6-2)14-10(4)13;1-2-3-7-8(4,5)6;1-2/h5-9H,3H2,1-2,4H3;2-3H2,1H3,(H2,4,5,6);2H2,1H3/b8-5-,9-6-,12-11+;;. The molecular formula is C16H30NO6P. The molecule has 0 aliphatic rings. The van der Waals surface area contributed by atoms with Gasteiger partial charge >= 0.3 is 13.8 Å². The second-order valence-corrected chi connectivity index (χ2v) is 5.18. The first-order valence-electron chi connectivity index (χ1n) is 7.30. The molecule has 140 valence electrons. The first-order valence-corrected chi connectivity index (χ1v) is 8.83. The maximum Gasteiger partial charge on any atom is 0.469 e. The zero-order chi connectivity index (χ0) is 19.6. The smallest absolute Gasteiger partial charge is 0.426 e. The molecule has 0 aromatic carbocycles. The summed E-state index contributed by atoms with van der Waals surface area (Å²) in [4.78, 5) is 26.9. The Kier molecular flexibility index (Phi) is 20.3. The highest BCUT2D eigenvalue weighted by molar-refractivity contribution is 7.46. The summed E-state index contributed by atoms with van der Waals surface area (Å²) in [5, 5.41) is 0. The molecule has 8 heteroatoms. The highest BCUT2D eigenvalue weighted by atomic mass is 31.2. The van der Waals surface area contributed by atoms with Gasteiger partial charge in [0.1, 0.15) is 5.76 Å². The van der Waals surface area contributed by atoms with Crippen molar-refractivity contribution >= 4 is 13.8 Å². The van der Waals surface area contributed by atoms with E-state index < -0.39 is 7.82 Å². The van der Waals surface area contributed by atoms with Crippen LogP contribution in [0, 0.1) is 0 Å². The SMILES string of the molecule is C=CC(/C=C\C)=C(/C=C\C)OC(C)=O.CCCOP(=O)(O)O.CN. The van der Waals surface area contributed by atoms with Gasteiger partial charge in [-0.3, -0.25) is 9.32 Å². The summed E-state index contributed by atoms with van der Waals surface area (Å²) in [7, 11) is -2.68. The molecular weight excluding hydrogens is 333 g/mol. The first kappa shape index (κ1) is 27.4. The van der Waals surface area contributed by atoms with Crippen molar-refractivity contribution in [2.75, 3.05) is 13.7 Å². The zero-order valence-electron chi connectivity index (χ0n) is 15.1. The first-order chi connectivity index (χ1) is 11.2. The predicted molar refractivity (Wildman–Crippen MR) is 97.0 cm³/mol. The number of nitrogens with two attached hydrogens (primary N) is 1. The Labute approximate surface area is 144 Å². The van der Waals surface area contributed by atoms with Crippen LogP contribution in [0.25, 0.3) is 0 Å². The molecule has 0 spiro atoms. The van der Waals surface area contributed by atoms with Crippen LogP contribution in [0.1, 0.15) is 34.1 Å². The number of carbonyl (C=O) groups excluding carboxylic acids is 1. The van der Waals surface area contributed by atoms with Gasteiger partial charge in [0.15, 0.2) is 0 Å². The molecule has 0 amide bonds. The largest absolute Gasteiger partial charge is 0.469 e. The summed E-state index contributed by atoms with van der Waals surface area (Å²) in [6.07, 6.45) is 9.52. The second kappa shape index (κ2) is 17.8. The van der Waals surface area contributed by atoms with Gasteiger partial charge in [-0.2, -0.15) is 0 Å². The molecule has 0 fully saturated rings. The van der Waals surface area contributed by atoms with Gasteiger partial charge in [-0.25, -0.2) is 4.57 Å². The van der Waals surface area contributed by atoms with E-state index in [1.807, 2.05) is 32.1 Å². The molecule has 0 aromatic rings. The van der Waals surface area contributed by atoms with Gasteiger partial charge in [-0.05, 0) is 33.4 Å². The molecule has 0 atom stereocenters. The summed E-state index contributed by atoms with van der Waals surface area (Å²) < 4.78 is 18.9. The molecule has 0 unspecified atom stereocenters. The van der Waals surface area contributed by atoms with Crippen LogP contribution in [-0.2, 0) is 18.6 Å². The normalized spacial score (nSPS) is 11.8. The third kappa shape index (κ3) is 20.5. The predicted octanol–water partition coefficient (Wildman–Crippen LogP) is 3.22. The molecule has 4 N–H and O–H groups in total. The van der Waals surface area contributed by atoms with E-state index in [1.165, 1.54) is 14.0 Å². The fourth-order valence-electron chi connectivity index (χ4n) is 1.14. The Bertz CT molecular complexity index is 477. The Morgan fingerprint density at radius 3 is 1.96 bits per heavy atom. The van der Waals surface area contributed by atoms with Crippen LogP contribution in [0.4, 0.5) is 0 Å². The summed E-state index contributed by atoms with van der Waals surface area (Å²) in [6.45, 7) is 10.7. The van der Waals surface area contributed by atoms with Crippen LogP contribution in [0.2, 0.25) is 0 Å². The number of esters is 1. The van der Waals surface area contributed by atoms with Crippen molar-refractivity contribution in [3.63, 3.8) is 0 Å². The summed E-state index contributed by atoms with van der Waals surface area (Å²) in [5.74, 6) is 0.190. The monoisotopic (exact) mass is 363 g/mol. The number of phosphoric acid groups is 1. The van der Waals surface area contributed by atoms with Gasteiger partial charge in [-0.15, -0.1) is 0 Å². The van der Waals surface area contributed by atoms with Crippen LogP contribution >= 0.6 is 7.82 Å². The number of ether oxygens (including phenoxy) is 1. The van der Waals surface area contributed by atoms with Gasteiger partial charge in [-0.1, -0.05) is 37.8 Å². The topological polar surface area (TPSA) is 119 Å². The molecule has 0 saturated heterocycles. The average molecular weight is 363 g/mol. The van der Waals surface area contributed by atoms with Gasteiger partial charge in [0, 0.05) is 12.5 Å². The van der Waals surface area contributed by atoms with Crippen molar-refractivity contribution in [1.82, 2.24) is 0 Å². The van der Waals surface area contributed by atoms with Crippen molar-refractivity contribution in [2.45, 2.75) is 34.1 Å². The van der Waals surface area contributed by atoms with Crippen LogP contribution < -0.4 is 5.73 Å². The van der Waals surface area contributed by atoms with Crippen LogP contribution in [0.3, 0.4) is 0 Å². The highest BCUT2D eigenvalue weighted by Crippen LogP contribution is 2.35. The van der Waals surface area contributed by atoms with E-state index in [2.05, 4.69) is 16.8 Å². The van der Waals surface area contributed by atoms with Gasteiger partial charge in [0.25, 0.3) is 0 Å². The fraction of sp³-hybridized carbons (Fsp3) is 0.438. The van der Waals surface area contributed by atoms with Crippen molar-refractivity contribution in [1.29, 1.82) is 0 Å². The quantitative estimate of drug-likeness (QED) is 0.275. The Morgan fingerprint density at radius 1 is 1.21 bits per heavy atom. The number of carbonyl (C=O) groups is 1. The Balaban J connectivity index is -0.000000374. The Hall–Kier alpha value is -1.50. The molecule has 0 heterocycles. The lowest BCUT2D eigenvalue weighted by molar-refractivity contribution is -0.136. The van der Waals surface area contributed by atoms with Crippen LogP contribution in [0.5, 0.6) is 0 Å². The molecule has 0 aliphatic carbocycles. The van der Waals surface area contributed by atoms with Gasteiger partial charge in [0.05, 0.1) is 6.61 Å². The van der Waals surface area contributed by atoms with Crippen LogP contribution in [-0.4, -0.2) is 29.4 Å². The zero-order valence-corrected chi connectivity index (χ0v) is 16.0. The van der Waals surface area contributed by atoms with Crippen molar-refractivity contribution in [2.24, 2.45) is 5.73 Å². The van der Waals surface area contributed by atoms with Crippen molar-refractivity contribution < 1.29 is 28.4 Å². The lowest BCUT2D eigenvalue weighted by Crippen LogP contribution is -1.99. The number of rotatable bonds is 7. The molecule has 0 aromatic heterocycles. The summed E-state index contributed by atoms with van der Waals surface area (Å²) in [5.41, 5.74) is 5.29. The molecule has 0 aliphatic heterocycles. The molecule has 0 radical (unpaired) electrons. The maximum absolute atomic E-state index is 10.8. The number of allylic oxidation sites excluding steroid dienone is 6. The van der Waals surface area contributed by atoms with E-state index in [0.29, 0.717) is 12.2 Å². The minimum Gasteiger partial charge on any atom is -0.426 e. The van der Waals surface area contributed by atoms with E-state index in [1.54, 1.807) is 19.1 Å². The average Bonchev–Trinajstić information content (AvgIpc) is 2.51.